The highest BCUT2D eigenvalue weighted by molar-refractivity contribution is 6.33. The molecule has 6 heteroatoms. The first kappa shape index (κ1) is 19.6. The number of piperazine rings is 1. The zero-order chi connectivity index (χ0) is 19.2. The number of rotatable bonds is 6. The van der Waals surface area contributed by atoms with Crippen molar-refractivity contribution in [3.8, 4) is 0 Å². The molecule has 0 aromatic heterocycles. The molecule has 0 bridgehead atoms. The summed E-state index contributed by atoms with van der Waals surface area (Å²) in [7, 11) is 0. The predicted octanol–water partition coefficient (Wildman–Crippen LogP) is 3.35. The molecule has 144 valence electrons. The Balaban J connectivity index is 1.44. The fourth-order valence-electron chi connectivity index (χ4n) is 3.35. The summed E-state index contributed by atoms with van der Waals surface area (Å²) in [5.41, 5.74) is 2.06. The molecule has 0 spiro atoms. The first-order valence-electron chi connectivity index (χ1n) is 9.30. The van der Waals surface area contributed by atoms with E-state index in [2.05, 4.69) is 15.1 Å². The molecule has 0 radical (unpaired) electrons. The molecule has 1 atom stereocenters. The molecule has 1 aliphatic rings. The highest BCUT2D eigenvalue weighted by Crippen LogP contribution is 2.26. The maximum atomic E-state index is 12.9. The van der Waals surface area contributed by atoms with E-state index in [-0.39, 0.29) is 17.8 Å². The number of hydrogen-bond acceptors (Lipinski definition) is 3. The zero-order valence-corrected chi connectivity index (χ0v) is 16.3. The van der Waals surface area contributed by atoms with Crippen LogP contribution in [0.5, 0.6) is 0 Å². The van der Waals surface area contributed by atoms with Crippen LogP contribution in [0.25, 0.3) is 0 Å². The number of para-hydroxylation sites is 1. The molecule has 3 rings (SSSR count). The van der Waals surface area contributed by atoms with E-state index in [1.807, 2.05) is 31.2 Å². The molecule has 2 aromatic carbocycles. The fraction of sp³-hybridized carbons (Fsp3) is 0.381. The van der Waals surface area contributed by atoms with Gasteiger partial charge in [0.05, 0.1) is 16.8 Å². The molecule has 27 heavy (non-hydrogen) atoms. The minimum atomic E-state index is -0.243. The van der Waals surface area contributed by atoms with E-state index < -0.39 is 0 Å². The number of halogens is 2. The summed E-state index contributed by atoms with van der Waals surface area (Å²) < 4.78 is 12.9. The van der Waals surface area contributed by atoms with E-state index in [9.17, 15) is 9.18 Å². The average molecular weight is 390 g/mol. The van der Waals surface area contributed by atoms with Crippen molar-refractivity contribution in [2.75, 3.05) is 37.6 Å². The van der Waals surface area contributed by atoms with Gasteiger partial charge in [0.25, 0.3) is 0 Å². The van der Waals surface area contributed by atoms with Gasteiger partial charge in [0.15, 0.2) is 0 Å². The molecule has 1 fully saturated rings. The minimum Gasteiger partial charge on any atom is -0.368 e. The number of anilines is 1. The number of amides is 1. The van der Waals surface area contributed by atoms with Crippen LogP contribution >= 0.6 is 11.6 Å². The molecule has 1 heterocycles. The maximum absolute atomic E-state index is 12.9. The molecule has 1 N–H and O–H groups in total. The summed E-state index contributed by atoms with van der Waals surface area (Å²) in [5.74, 6) is -0.212. The Kier molecular flexibility index (Phi) is 6.69. The van der Waals surface area contributed by atoms with E-state index in [1.165, 1.54) is 12.1 Å². The van der Waals surface area contributed by atoms with E-state index in [0.29, 0.717) is 13.0 Å². The van der Waals surface area contributed by atoms with Gasteiger partial charge in [-0.05, 0) is 43.2 Å². The van der Waals surface area contributed by atoms with Crippen molar-refractivity contribution >= 4 is 23.2 Å². The standard InChI is InChI=1S/C21H25ClFN3O/c1-16(21(27)24-11-10-17-6-8-18(23)9-7-17)25-12-14-26(15-13-25)20-5-3-2-4-19(20)22/h2-9,16H,10-15H2,1H3,(H,24,27)/t16-/m1/s1. The van der Waals surface area contributed by atoms with Gasteiger partial charge in [0.1, 0.15) is 5.82 Å². The Morgan fingerprint density at radius 1 is 1.11 bits per heavy atom. The van der Waals surface area contributed by atoms with Crippen LogP contribution in [0.4, 0.5) is 10.1 Å². The fourth-order valence-corrected chi connectivity index (χ4v) is 3.61. The first-order valence-corrected chi connectivity index (χ1v) is 9.68. The van der Waals surface area contributed by atoms with Crippen LogP contribution in [-0.2, 0) is 11.2 Å². The van der Waals surface area contributed by atoms with E-state index in [1.54, 1.807) is 12.1 Å². The van der Waals surface area contributed by atoms with Gasteiger partial charge in [0.2, 0.25) is 5.91 Å². The van der Waals surface area contributed by atoms with Gasteiger partial charge in [-0.15, -0.1) is 0 Å². The number of carbonyl (C=O) groups excluding carboxylic acids is 1. The minimum absolute atomic E-state index is 0.0308. The summed E-state index contributed by atoms with van der Waals surface area (Å²) in [5, 5.41) is 3.75. The lowest BCUT2D eigenvalue weighted by Crippen LogP contribution is -2.54. The Morgan fingerprint density at radius 2 is 1.78 bits per heavy atom. The van der Waals surface area contributed by atoms with Crippen LogP contribution in [-0.4, -0.2) is 49.6 Å². The Hall–Kier alpha value is -2.11. The topological polar surface area (TPSA) is 35.6 Å². The molecule has 1 amide bonds. The molecule has 2 aromatic rings. The number of nitrogens with one attached hydrogen (secondary N) is 1. The van der Waals surface area contributed by atoms with Gasteiger partial charge in [-0.1, -0.05) is 35.9 Å². The number of benzene rings is 2. The SMILES string of the molecule is C[C@H](C(=O)NCCc1ccc(F)cc1)N1CCN(c2ccccc2Cl)CC1. The third-order valence-electron chi connectivity index (χ3n) is 5.06. The van der Waals surface area contributed by atoms with Gasteiger partial charge in [0, 0.05) is 32.7 Å². The van der Waals surface area contributed by atoms with Gasteiger partial charge >= 0.3 is 0 Å². The Bertz CT molecular complexity index is 760. The van der Waals surface area contributed by atoms with Crippen LogP contribution < -0.4 is 10.2 Å². The second-order valence-corrected chi connectivity index (χ2v) is 7.23. The van der Waals surface area contributed by atoms with Crippen molar-refractivity contribution < 1.29 is 9.18 Å². The summed E-state index contributed by atoms with van der Waals surface area (Å²) in [6.45, 7) is 5.82. The normalized spacial score (nSPS) is 16.2. The van der Waals surface area contributed by atoms with E-state index >= 15 is 0 Å². The molecular formula is C21H25ClFN3O. The Morgan fingerprint density at radius 3 is 2.44 bits per heavy atom. The van der Waals surface area contributed by atoms with Crippen LogP contribution in [0.2, 0.25) is 5.02 Å². The van der Waals surface area contributed by atoms with Gasteiger partial charge in [-0.3, -0.25) is 9.69 Å². The van der Waals surface area contributed by atoms with Crippen molar-refractivity contribution in [1.29, 1.82) is 0 Å². The van der Waals surface area contributed by atoms with Crippen LogP contribution in [0.3, 0.4) is 0 Å². The monoisotopic (exact) mass is 389 g/mol. The van der Waals surface area contributed by atoms with Crippen LogP contribution in [0.1, 0.15) is 12.5 Å². The Labute approximate surface area is 164 Å². The third kappa shape index (κ3) is 5.21. The predicted molar refractivity (Wildman–Crippen MR) is 108 cm³/mol. The van der Waals surface area contributed by atoms with Crippen molar-refractivity contribution in [3.63, 3.8) is 0 Å². The summed E-state index contributed by atoms with van der Waals surface area (Å²) in [4.78, 5) is 16.9. The van der Waals surface area contributed by atoms with Crippen LogP contribution in [0, 0.1) is 5.82 Å². The second-order valence-electron chi connectivity index (χ2n) is 6.82. The highest BCUT2D eigenvalue weighted by Gasteiger charge is 2.26. The average Bonchev–Trinajstić information content (AvgIpc) is 2.69. The maximum Gasteiger partial charge on any atom is 0.237 e. The van der Waals surface area contributed by atoms with Crippen molar-refractivity contribution in [1.82, 2.24) is 10.2 Å². The smallest absolute Gasteiger partial charge is 0.237 e. The number of hydrogen-bond donors (Lipinski definition) is 1. The molecule has 1 saturated heterocycles. The zero-order valence-electron chi connectivity index (χ0n) is 15.5. The van der Waals surface area contributed by atoms with Gasteiger partial charge < -0.3 is 10.2 Å². The summed E-state index contributed by atoms with van der Waals surface area (Å²) >= 11 is 6.28. The molecule has 0 saturated carbocycles. The summed E-state index contributed by atoms with van der Waals surface area (Å²) in [6, 6.07) is 14.1. The van der Waals surface area contributed by atoms with Crippen molar-refractivity contribution in [3.05, 3.63) is 64.9 Å². The lowest BCUT2D eigenvalue weighted by atomic mass is 10.1. The lowest BCUT2D eigenvalue weighted by molar-refractivity contribution is -0.125. The van der Waals surface area contributed by atoms with Gasteiger partial charge in [-0.2, -0.15) is 0 Å². The molecular weight excluding hydrogens is 365 g/mol. The lowest BCUT2D eigenvalue weighted by Gasteiger charge is -2.38. The quantitative estimate of drug-likeness (QED) is 0.823. The molecule has 4 nitrogen and oxygen atoms in total. The number of nitrogens with zero attached hydrogens (tertiary/aromatic N) is 2. The number of carbonyl (C=O) groups is 1. The highest BCUT2D eigenvalue weighted by atomic mass is 35.5. The van der Waals surface area contributed by atoms with Crippen molar-refractivity contribution in [2.24, 2.45) is 0 Å². The van der Waals surface area contributed by atoms with E-state index in [4.69, 9.17) is 11.6 Å². The largest absolute Gasteiger partial charge is 0.368 e. The van der Waals surface area contributed by atoms with E-state index in [0.717, 1.165) is 42.5 Å². The second kappa shape index (κ2) is 9.20. The first-order chi connectivity index (χ1) is 13.0. The van der Waals surface area contributed by atoms with Crippen molar-refractivity contribution in [2.45, 2.75) is 19.4 Å². The van der Waals surface area contributed by atoms with Gasteiger partial charge in [-0.25, -0.2) is 4.39 Å². The van der Waals surface area contributed by atoms with Crippen LogP contribution in [0.15, 0.2) is 48.5 Å². The molecule has 0 unspecified atom stereocenters. The summed E-state index contributed by atoms with van der Waals surface area (Å²) in [6.07, 6.45) is 0.693. The molecule has 1 aliphatic heterocycles. The molecule has 0 aliphatic carbocycles. The third-order valence-corrected chi connectivity index (χ3v) is 5.38.